The third kappa shape index (κ3) is 3.56. The number of aliphatic carboxylic acids is 1. The maximum Gasteiger partial charge on any atom is 0.320 e. The van der Waals surface area contributed by atoms with Gasteiger partial charge in [-0.15, -0.1) is 0 Å². The van der Waals surface area contributed by atoms with Crippen LogP contribution in [0, 0.1) is 5.92 Å². The normalized spacial score (nSPS) is 16.1. The topological polar surface area (TPSA) is 63.3 Å². The summed E-state index contributed by atoms with van der Waals surface area (Å²) in [5.41, 5.74) is 4.93. The number of halogens is 3. The van der Waals surface area contributed by atoms with E-state index in [1.54, 1.807) is 0 Å². The van der Waals surface area contributed by atoms with E-state index in [9.17, 15) is 18.0 Å². The Morgan fingerprint density at radius 2 is 2.00 bits per heavy atom. The monoisotopic (exact) mass is 185 g/mol. The maximum atomic E-state index is 11.8. The Bertz CT molecular complexity index is 154. The van der Waals surface area contributed by atoms with E-state index in [4.69, 9.17) is 10.8 Å². The fourth-order valence-corrected chi connectivity index (χ4v) is 0.660. The highest BCUT2D eigenvalue weighted by Crippen LogP contribution is 2.16. The van der Waals surface area contributed by atoms with Crippen LogP contribution in [0.15, 0.2) is 0 Å². The van der Waals surface area contributed by atoms with Crippen LogP contribution in [0.5, 0.6) is 0 Å². The second-order valence-electron chi connectivity index (χ2n) is 2.43. The Labute approximate surface area is 67.4 Å². The third-order valence-corrected chi connectivity index (χ3v) is 1.43. The molecule has 0 aliphatic carbocycles. The van der Waals surface area contributed by atoms with Crippen molar-refractivity contribution in [1.29, 1.82) is 0 Å². The Hall–Kier alpha value is -0.780. The van der Waals surface area contributed by atoms with E-state index in [0.29, 0.717) is 0 Å². The number of carboxylic acids is 1. The molecule has 0 aromatic carbocycles. The number of hydrogen-bond donors (Lipinski definition) is 2. The van der Waals surface area contributed by atoms with Crippen LogP contribution in [0.25, 0.3) is 0 Å². The van der Waals surface area contributed by atoms with Crippen molar-refractivity contribution in [3.05, 3.63) is 0 Å². The average molecular weight is 185 g/mol. The van der Waals surface area contributed by atoms with Gasteiger partial charge in [0, 0.05) is 0 Å². The van der Waals surface area contributed by atoms with Crippen molar-refractivity contribution in [2.24, 2.45) is 11.7 Å². The molecule has 6 heteroatoms. The summed E-state index contributed by atoms with van der Waals surface area (Å²) < 4.78 is 35.5. The fraction of sp³-hybridized carbons (Fsp3) is 0.833. The third-order valence-electron chi connectivity index (χ3n) is 1.43. The van der Waals surface area contributed by atoms with Crippen molar-refractivity contribution in [3.63, 3.8) is 0 Å². The maximum absolute atomic E-state index is 11.8. The van der Waals surface area contributed by atoms with Crippen LogP contribution in [0.1, 0.15) is 6.42 Å². The van der Waals surface area contributed by atoms with Gasteiger partial charge in [0.1, 0.15) is 6.04 Å². The molecule has 0 rings (SSSR count). The van der Waals surface area contributed by atoms with Crippen LogP contribution in [0.2, 0.25) is 0 Å². The van der Waals surface area contributed by atoms with Crippen LogP contribution in [-0.2, 0) is 4.79 Å². The highest BCUT2D eigenvalue weighted by Gasteiger charge is 2.25. The summed E-state index contributed by atoms with van der Waals surface area (Å²) in [6, 6.07) is -1.42. The molecule has 0 saturated carbocycles. The van der Waals surface area contributed by atoms with Crippen LogP contribution in [-0.4, -0.2) is 30.2 Å². The zero-order valence-corrected chi connectivity index (χ0v) is 6.21. The van der Waals surface area contributed by atoms with E-state index < -0.39 is 37.4 Å². The van der Waals surface area contributed by atoms with Gasteiger partial charge in [-0.3, -0.25) is 9.18 Å². The molecular weight excluding hydrogens is 175 g/mol. The summed E-state index contributed by atoms with van der Waals surface area (Å²) in [5, 5.41) is 8.22. The minimum atomic E-state index is -2.86. The standard InChI is InChI=1S/C6H10F3NO2/c7-2-3(5(8)9)1-4(10)6(11)12/h3-5H,1-2,10H2,(H,11,12). The molecule has 0 saturated heterocycles. The van der Waals surface area contributed by atoms with Crippen molar-refractivity contribution in [2.75, 3.05) is 6.67 Å². The molecule has 0 aliphatic heterocycles. The van der Waals surface area contributed by atoms with Crippen molar-refractivity contribution in [2.45, 2.75) is 18.9 Å². The Morgan fingerprint density at radius 3 is 2.25 bits per heavy atom. The molecule has 3 nitrogen and oxygen atoms in total. The number of nitrogens with two attached hydrogens (primary N) is 1. The SMILES string of the molecule is NC(CC(CF)C(F)F)C(=O)O. The van der Waals surface area contributed by atoms with Gasteiger partial charge in [0.2, 0.25) is 6.43 Å². The molecule has 0 heterocycles. The predicted octanol–water partition coefficient (Wildman–Crippen LogP) is 0.639. The van der Waals surface area contributed by atoms with E-state index >= 15 is 0 Å². The number of alkyl halides is 3. The average Bonchev–Trinajstić information content (AvgIpc) is 1.98. The lowest BCUT2D eigenvalue weighted by atomic mass is 10.0. The van der Waals surface area contributed by atoms with Gasteiger partial charge in [0.05, 0.1) is 12.6 Å². The summed E-state index contributed by atoms with van der Waals surface area (Å²) in [4.78, 5) is 10.1. The fourth-order valence-electron chi connectivity index (χ4n) is 0.660. The quantitative estimate of drug-likeness (QED) is 0.660. The van der Waals surface area contributed by atoms with Crippen molar-refractivity contribution >= 4 is 5.97 Å². The molecule has 0 aromatic rings. The first-order valence-electron chi connectivity index (χ1n) is 3.31. The number of hydrogen-bond acceptors (Lipinski definition) is 2. The number of carboxylic acid groups (broad SMARTS) is 1. The Balaban J connectivity index is 3.93. The van der Waals surface area contributed by atoms with Gasteiger partial charge in [-0.2, -0.15) is 0 Å². The summed E-state index contributed by atoms with van der Waals surface area (Å²) in [7, 11) is 0. The van der Waals surface area contributed by atoms with Gasteiger partial charge in [-0.25, -0.2) is 8.78 Å². The molecule has 2 unspecified atom stereocenters. The van der Waals surface area contributed by atoms with E-state index in [0.717, 1.165) is 0 Å². The lowest BCUT2D eigenvalue weighted by Gasteiger charge is -2.13. The largest absolute Gasteiger partial charge is 0.480 e. The first-order chi connectivity index (χ1) is 5.49. The molecule has 0 fully saturated rings. The van der Waals surface area contributed by atoms with Crippen LogP contribution in [0.3, 0.4) is 0 Å². The van der Waals surface area contributed by atoms with Crippen LogP contribution >= 0.6 is 0 Å². The highest BCUT2D eigenvalue weighted by molar-refractivity contribution is 5.73. The van der Waals surface area contributed by atoms with Gasteiger partial charge in [-0.05, 0) is 6.42 Å². The van der Waals surface area contributed by atoms with Gasteiger partial charge in [-0.1, -0.05) is 0 Å². The zero-order valence-electron chi connectivity index (χ0n) is 6.21. The second kappa shape index (κ2) is 4.97. The first-order valence-corrected chi connectivity index (χ1v) is 3.31. The van der Waals surface area contributed by atoms with Gasteiger partial charge < -0.3 is 10.8 Å². The lowest BCUT2D eigenvalue weighted by molar-refractivity contribution is -0.139. The summed E-state index contributed by atoms with van der Waals surface area (Å²) in [6.45, 7) is -1.25. The van der Waals surface area contributed by atoms with E-state index in [1.165, 1.54) is 0 Å². The molecule has 0 bridgehead atoms. The number of carbonyl (C=O) groups is 1. The minimum absolute atomic E-state index is 0.538. The minimum Gasteiger partial charge on any atom is -0.480 e. The summed E-state index contributed by atoms with van der Waals surface area (Å²) in [5.74, 6) is -2.97. The smallest absolute Gasteiger partial charge is 0.320 e. The second-order valence-corrected chi connectivity index (χ2v) is 2.43. The molecule has 0 amide bonds. The molecule has 12 heavy (non-hydrogen) atoms. The van der Waals surface area contributed by atoms with Crippen LogP contribution in [0.4, 0.5) is 13.2 Å². The van der Waals surface area contributed by atoms with E-state index in [-0.39, 0.29) is 0 Å². The molecule has 0 spiro atoms. The lowest BCUT2D eigenvalue weighted by Crippen LogP contribution is -2.34. The molecule has 3 N–H and O–H groups in total. The van der Waals surface area contributed by atoms with Gasteiger partial charge in [0.15, 0.2) is 0 Å². The first kappa shape index (κ1) is 11.2. The van der Waals surface area contributed by atoms with Crippen LogP contribution < -0.4 is 5.73 Å². The predicted molar refractivity (Wildman–Crippen MR) is 35.7 cm³/mol. The van der Waals surface area contributed by atoms with Crippen molar-refractivity contribution < 1.29 is 23.1 Å². The molecular formula is C6H10F3NO2. The molecule has 0 aliphatic rings. The molecule has 72 valence electrons. The summed E-state index contributed by atoms with van der Waals surface area (Å²) >= 11 is 0. The molecule has 2 atom stereocenters. The Morgan fingerprint density at radius 1 is 1.50 bits per heavy atom. The zero-order chi connectivity index (χ0) is 9.72. The van der Waals surface area contributed by atoms with E-state index in [1.807, 2.05) is 0 Å². The van der Waals surface area contributed by atoms with E-state index in [2.05, 4.69) is 0 Å². The van der Waals surface area contributed by atoms with Crippen molar-refractivity contribution in [1.82, 2.24) is 0 Å². The summed E-state index contributed by atoms with van der Waals surface area (Å²) in [6.07, 6.45) is -3.40. The van der Waals surface area contributed by atoms with Gasteiger partial charge >= 0.3 is 5.97 Å². The molecule has 0 aromatic heterocycles. The van der Waals surface area contributed by atoms with Crippen molar-refractivity contribution in [3.8, 4) is 0 Å². The Kier molecular flexibility index (Phi) is 4.65. The van der Waals surface area contributed by atoms with Gasteiger partial charge in [0.25, 0.3) is 0 Å². The highest BCUT2D eigenvalue weighted by atomic mass is 19.3. The molecule has 0 radical (unpaired) electrons. The number of rotatable bonds is 5.